The van der Waals surface area contributed by atoms with Gasteiger partial charge in [0.2, 0.25) is 5.95 Å². The molecule has 1 unspecified atom stereocenters. The van der Waals surface area contributed by atoms with Crippen molar-refractivity contribution in [3.63, 3.8) is 0 Å². The number of benzene rings is 1. The van der Waals surface area contributed by atoms with Crippen molar-refractivity contribution in [3.8, 4) is 0 Å². The van der Waals surface area contributed by atoms with Crippen molar-refractivity contribution in [2.45, 2.75) is 65.8 Å². The molecule has 1 atom stereocenters. The van der Waals surface area contributed by atoms with Crippen LogP contribution in [0, 0.1) is 12.7 Å². The van der Waals surface area contributed by atoms with Crippen LogP contribution in [0.4, 0.5) is 16.2 Å². The van der Waals surface area contributed by atoms with Crippen molar-refractivity contribution in [1.82, 2.24) is 9.97 Å². The molecule has 0 aliphatic heterocycles. The molecule has 0 saturated heterocycles. The van der Waals surface area contributed by atoms with E-state index in [1.165, 1.54) is 6.07 Å². The highest BCUT2D eigenvalue weighted by Crippen LogP contribution is 2.28. The zero-order chi connectivity index (χ0) is 22.3. The number of rotatable bonds is 10. The van der Waals surface area contributed by atoms with E-state index in [4.69, 9.17) is 10.5 Å². The predicted octanol–water partition coefficient (Wildman–Crippen LogP) is 3.98. The predicted molar refractivity (Wildman–Crippen MR) is 114 cm³/mol. The summed E-state index contributed by atoms with van der Waals surface area (Å²) in [4.78, 5) is 20.2. The minimum atomic E-state index is -0.408. The van der Waals surface area contributed by atoms with Gasteiger partial charge in [-0.1, -0.05) is 32.4 Å². The third-order valence-corrected chi connectivity index (χ3v) is 5.00. The summed E-state index contributed by atoms with van der Waals surface area (Å²) in [6, 6.07) is 4.40. The maximum Gasteiger partial charge on any atom is 0.310 e. The van der Waals surface area contributed by atoms with Gasteiger partial charge in [-0.05, 0) is 43.9 Å². The highest BCUT2D eigenvalue weighted by Gasteiger charge is 2.23. The lowest BCUT2D eigenvalue weighted by atomic mass is 9.99. The largest absolute Gasteiger partial charge is 0.466 e. The van der Waals surface area contributed by atoms with Crippen LogP contribution >= 0.6 is 0 Å². The standard InChI is InChI=1S/C22H31FN4O3/c1-5-8-17(6-2)27(29)21-18(14(4)25-22(24)26-21)13-16-11-15(9-10-19(16)23)12-20(28)30-7-3/h9-11,17,29H,5-8,12-13H2,1-4H3,(H2,24,25,26). The van der Waals surface area contributed by atoms with Gasteiger partial charge in [0.25, 0.3) is 0 Å². The van der Waals surface area contributed by atoms with Crippen molar-refractivity contribution in [3.05, 3.63) is 46.4 Å². The lowest BCUT2D eigenvalue weighted by Crippen LogP contribution is -2.33. The van der Waals surface area contributed by atoms with E-state index in [-0.39, 0.29) is 36.6 Å². The first kappa shape index (κ1) is 23.5. The second-order valence-corrected chi connectivity index (χ2v) is 7.25. The quantitative estimate of drug-likeness (QED) is 0.444. The molecule has 0 bridgehead atoms. The second kappa shape index (κ2) is 10.9. The van der Waals surface area contributed by atoms with Crippen LogP contribution in [0.1, 0.15) is 62.4 Å². The van der Waals surface area contributed by atoms with Crippen molar-refractivity contribution < 1.29 is 19.1 Å². The van der Waals surface area contributed by atoms with Crippen LogP contribution in [0.2, 0.25) is 0 Å². The van der Waals surface area contributed by atoms with Crippen LogP contribution in [-0.2, 0) is 22.4 Å². The van der Waals surface area contributed by atoms with E-state index in [1.807, 2.05) is 13.8 Å². The minimum Gasteiger partial charge on any atom is -0.466 e. The molecule has 164 valence electrons. The van der Waals surface area contributed by atoms with Crippen LogP contribution in [0.3, 0.4) is 0 Å². The number of nitrogen functional groups attached to an aromatic ring is 1. The Morgan fingerprint density at radius 1 is 1.30 bits per heavy atom. The molecule has 3 N–H and O–H groups in total. The minimum absolute atomic E-state index is 0.0492. The lowest BCUT2D eigenvalue weighted by molar-refractivity contribution is -0.142. The number of carbonyl (C=O) groups is 1. The van der Waals surface area contributed by atoms with E-state index < -0.39 is 5.82 Å². The Morgan fingerprint density at radius 3 is 2.67 bits per heavy atom. The molecule has 0 aliphatic rings. The normalized spacial score (nSPS) is 11.9. The number of aromatic nitrogens is 2. The third-order valence-electron chi connectivity index (χ3n) is 5.00. The van der Waals surface area contributed by atoms with Crippen molar-refractivity contribution >= 4 is 17.7 Å². The highest BCUT2D eigenvalue weighted by molar-refractivity contribution is 5.72. The molecule has 0 aliphatic carbocycles. The molecule has 0 spiro atoms. The number of nitrogens with zero attached hydrogens (tertiary/aromatic N) is 3. The van der Waals surface area contributed by atoms with Crippen molar-refractivity contribution in [2.75, 3.05) is 17.4 Å². The van der Waals surface area contributed by atoms with E-state index in [0.29, 0.717) is 29.0 Å². The smallest absolute Gasteiger partial charge is 0.310 e. The van der Waals surface area contributed by atoms with Gasteiger partial charge in [0, 0.05) is 17.7 Å². The molecular weight excluding hydrogens is 387 g/mol. The van der Waals surface area contributed by atoms with Gasteiger partial charge in [-0.15, -0.1) is 0 Å². The van der Waals surface area contributed by atoms with Gasteiger partial charge in [-0.2, -0.15) is 4.98 Å². The van der Waals surface area contributed by atoms with Gasteiger partial charge in [-0.3, -0.25) is 10.0 Å². The molecule has 1 heterocycles. The summed E-state index contributed by atoms with van der Waals surface area (Å²) in [7, 11) is 0. The maximum absolute atomic E-state index is 14.6. The Balaban J connectivity index is 2.41. The van der Waals surface area contributed by atoms with Crippen LogP contribution in [-0.4, -0.2) is 33.8 Å². The van der Waals surface area contributed by atoms with E-state index in [2.05, 4.69) is 9.97 Å². The summed E-state index contributed by atoms with van der Waals surface area (Å²) >= 11 is 0. The van der Waals surface area contributed by atoms with Crippen LogP contribution in [0.5, 0.6) is 0 Å². The topological polar surface area (TPSA) is 102 Å². The zero-order valence-electron chi connectivity index (χ0n) is 18.1. The molecule has 0 radical (unpaired) electrons. The Bertz CT molecular complexity index is 876. The number of carbonyl (C=O) groups excluding carboxylic acids is 1. The Labute approximate surface area is 177 Å². The van der Waals surface area contributed by atoms with Crippen LogP contribution < -0.4 is 10.8 Å². The monoisotopic (exact) mass is 418 g/mol. The second-order valence-electron chi connectivity index (χ2n) is 7.25. The van der Waals surface area contributed by atoms with E-state index >= 15 is 0 Å². The van der Waals surface area contributed by atoms with Gasteiger partial charge < -0.3 is 10.5 Å². The Morgan fingerprint density at radius 2 is 2.03 bits per heavy atom. The summed E-state index contributed by atoms with van der Waals surface area (Å²) in [6.07, 6.45) is 2.61. The van der Waals surface area contributed by atoms with Gasteiger partial charge >= 0.3 is 5.97 Å². The fourth-order valence-corrected chi connectivity index (χ4v) is 3.45. The van der Waals surface area contributed by atoms with Crippen LogP contribution in [0.15, 0.2) is 18.2 Å². The molecular formula is C22H31FN4O3. The van der Waals surface area contributed by atoms with Crippen LogP contribution in [0.25, 0.3) is 0 Å². The molecule has 30 heavy (non-hydrogen) atoms. The van der Waals surface area contributed by atoms with Gasteiger partial charge in [0.05, 0.1) is 19.1 Å². The van der Waals surface area contributed by atoms with Crippen molar-refractivity contribution in [1.29, 1.82) is 0 Å². The fraction of sp³-hybridized carbons (Fsp3) is 0.500. The number of halogens is 1. The molecule has 2 aromatic rings. The summed E-state index contributed by atoms with van der Waals surface area (Å²) < 4.78 is 19.5. The van der Waals surface area contributed by atoms with Gasteiger partial charge in [0.15, 0.2) is 5.82 Å². The third kappa shape index (κ3) is 5.89. The average molecular weight is 419 g/mol. The van der Waals surface area contributed by atoms with Crippen molar-refractivity contribution in [2.24, 2.45) is 0 Å². The molecule has 8 heteroatoms. The first-order chi connectivity index (χ1) is 14.3. The number of hydroxylamine groups is 1. The number of esters is 1. The van der Waals surface area contributed by atoms with E-state index in [0.717, 1.165) is 24.3 Å². The van der Waals surface area contributed by atoms with Gasteiger partial charge in [0.1, 0.15) is 5.82 Å². The molecule has 1 aromatic heterocycles. The Kier molecular flexibility index (Phi) is 8.53. The fourth-order valence-electron chi connectivity index (χ4n) is 3.45. The molecule has 0 saturated carbocycles. The lowest BCUT2D eigenvalue weighted by Gasteiger charge is -2.28. The first-order valence-electron chi connectivity index (χ1n) is 10.3. The highest BCUT2D eigenvalue weighted by atomic mass is 19.1. The summed E-state index contributed by atoms with van der Waals surface area (Å²) in [5.74, 6) is -0.437. The summed E-state index contributed by atoms with van der Waals surface area (Å²) in [5.41, 5.74) is 8.02. The Hall–Kier alpha value is -2.74. The number of anilines is 2. The summed E-state index contributed by atoms with van der Waals surface area (Å²) in [5, 5.41) is 12.0. The molecule has 2 rings (SSSR count). The number of hydrogen-bond donors (Lipinski definition) is 2. The zero-order valence-corrected chi connectivity index (χ0v) is 18.1. The molecule has 1 aromatic carbocycles. The number of ether oxygens (including phenoxy) is 1. The van der Waals surface area contributed by atoms with E-state index in [1.54, 1.807) is 26.0 Å². The maximum atomic E-state index is 14.6. The van der Waals surface area contributed by atoms with Gasteiger partial charge in [-0.25, -0.2) is 14.4 Å². The SMILES string of the molecule is CCCC(CC)N(O)c1nc(N)nc(C)c1Cc1cc(CC(=O)OCC)ccc1F. The van der Waals surface area contributed by atoms with E-state index in [9.17, 15) is 14.4 Å². The molecule has 0 amide bonds. The molecule has 7 nitrogen and oxygen atoms in total. The average Bonchev–Trinajstić information content (AvgIpc) is 2.69. The number of nitrogens with two attached hydrogens (primary N) is 1. The first-order valence-corrected chi connectivity index (χ1v) is 10.3. The number of hydrogen-bond acceptors (Lipinski definition) is 7. The molecule has 0 fully saturated rings. The summed E-state index contributed by atoms with van der Waals surface area (Å²) in [6.45, 7) is 7.81. The number of aryl methyl sites for hydroxylation is 1.